The van der Waals surface area contributed by atoms with Gasteiger partial charge in [-0.05, 0) is 35.1 Å². The van der Waals surface area contributed by atoms with Gasteiger partial charge in [0.25, 0.3) is 0 Å². The summed E-state index contributed by atoms with van der Waals surface area (Å²) in [6.45, 7) is 6.51. The fraction of sp³-hybridized carbons (Fsp3) is 0.278. The molecule has 2 heteroatoms. The third-order valence-electron chi connectivity index (χ3n) is 4.14. The van der Waals surface area contributed by atoms with Crippen LogP contribution in [0.4, 0.5) is 0 Å². The van der Waals surface area contributed by atoms with Crippen LogP contribution in [0.15, 0.2) is 47.6 Å². The molecule has 0 aromatic heterocycles. The average Bonchev–Trinajstić information content (AvgIpc) is 2.70. The van der Waals surface area contributed by atoms with Gasteiger partial charge in [-0.25, -0.2) is 0 Å². The molecule has 3 rings (SSSR count). The van der Waals surface area contributed by atoms with Crippen LogP contribution in [0.3, 0.4) is 0 Å². The van der Waals surface area contributed by atoms with E-state index in [9.17, 15) is 0 Å². The van der Waals surface area contributed by atoms with Gasteiger partial charge >= 0.3 is 0 Å². The second-order valence-corrected chi connectivity index (χ2v) is 6.24. The normalized spacial score (nSPS) is 18.2. The predicted octanol–water partition coefficient (Wildman–Crippen LogP) is 4.52. The Kier molecular flexibility index (Phi) is 2.89. The van der Waals surface area contributed by atoms with E-state index >= 15 is 0 Å². The molecule has 2 aromatic rings. The van der Waals surface area contributed by atoms with Crippen LogP contribution in [-0.4, -0.2) is 10.9 Å². The molecule has 20 heavy (non-hydrogen) atoms. The highest BCUT2D eigenvalue weighted by atomic mass is 16.4. The summed E-state index contributed by atoms with van der Waals surface area (Å²) in [5.74, 6) is 0. The van der Waals surface area contributed by atoms with Crippen LogP contribution in [0, 0.1) is 6.92 Å². The lowest BCUT2D eigenvalue weighted by atomic mass is 9.85. The van der Waals surface area contributed by atoms with Crippen molar-refractivity contribution < 1.29 is 5.21 Å². The number of oxime groups is 1. The second-order valence-electron chi connectivity index (χ2n) is 6.24. The van der Waals surface area contributed by atoms with E-state index in [2.05, 4.69) is 68.4 Å². The summed E-state index contributed by atoms with van der Waals surface area (Å²) >= 11 is 0. The van der Waals surface area contributed by atoms with Gasteiger partial charge in [-0.3, -0.25) is 0 Å². The zero-order chi connectivity index (χ0) is 14.3. The molecule has 0 saturated carbocycles. The molecule has 0 saturated heterocycles. The van der Waals surface area contributed by atoms with Crippen molar-refractivity contribution in [1.82, 2.24) is 0 Å². The van der Waals surface area contributed by atoms with E-state index in [1.54, 1.807) is 0 Å². The molecular formula is C18H19NO. The minimum atomic E-state index is 0.0245. The highest BCUT2D eigenvalue weighted by Gasteiger charge is 2.34. The van der Waals surface area contributed by atoms with E-state index in [0.717, 1.165) is 17.7 Å². The van der Waals surface area contributed by atoms with Gasteiger partial charge in [-0.1, -0.05) is 61.0 Å². The van der Waals surface area contributed by atoms with Gasteiger partial charge in [0.05, 0.1) is 5.71 Å². The Bertz CT molecular complexity index is 698. The Hall–Kier alpha value is -2.09. The van der Waals surface area contributed by atoms with Crippen molar-refractivity contribution >= 4 is 5.71 Å². The monoisotopic (exact) mass is 265 g/mol. The average molecular weight is 265 g/mol. The Labute approximate surface area is 119 Å². The molecule has 0 radical (unpaired) electrons. The van der Waals surface area contributed by atoms with Crippen molar-refractivity contribution in [2.45, 2.75) is 32.6 Å². The van der Waals surface area contributed by atoms with Crippen LogP contribution in [0.5, 0.6) is 0 Å². The van der Waals surface area contributed by atoms with Crippen molar-refractivity contribution in [3.63, 3.8) is 0 Å². The van der Waals surface area contributed by atoms with E-state index < -0.39 is 0 Å². The molecule has 1 N–H and O–H groups in total. The van der Waals surface area contributed by atoms with Crippen LogP contribution >= 0.6 is 0 Å². The molecule has 0 fully saturated rings. The standard InChI is InChI=1S/C18H19NO/c1-12-5-4-6-13(9-12)14-7-8-15-16(10-14)18(2,3)11-17(15)19-20/h4-10,20H,11H2,1-3H3/b19-17+. The molecule has 2 aromatic carbocycles. The van der Waals surface area contributed by atoms with E-state index in [1.165, 1.54) is 22.3 Å². The molecule has 0 atom stereocenters. The van der Waals surface area contributed by atoms with Crippen LogP contribution in [0.1, 0.15) is 37.0 Å². The minimum Gasteiger partial charge on any atom is -0.411 e. The number of rotatable bonds is 1. The summed E-state index contributed by atoms with van der Waals surface area (Å²) in [7, 11) is 0. The fourth-order valence-electron chi connectivity index (χ4n) is 3.06. The van der Waals surface area contributed by atoms with Gasteiger partial charge in [0, 0.05) is 12.0 Å². The minimum absolute atomic E-state index is 0.0245. The zero-order valence-corrected chi connectivity index (χ0v) is 12.1. The molecule has 2 nitrogen and oxygen atoms in total. The molecule has 0 spiro atoms. The Morgan fingerprint density at radius 1 is 1.05 bits per heavy atom. The molecule has 0 bridgehead atoms. The molecule has 0 unspecified atom stereocenters. The Balaban J connectivity index is 2.15. The Morgan fingerprint density at radius 3 is 2.50 bits per heavy atom. The second kappa shape index (κ2) is 4.48. The van der Waals surface area contributed by atoms with Crippen LogP contribution in [0.2, 0.25) is 0 Å². The summed E-state index contributed by atoms with van der Waals surface area (Å²) in [5.41, 5.74) is 6.88. The summed E-state index contributed by atoms with van der Waals surface area (Å²) < 4.78 is 0. The highest BCUT2D eigenvalue weighted by Crippen LogP contribution is 2.40. The third-order valence-corrected chi connectivity index (χ3v) is 4.14. The molecular weight excluding hydrogens is 246 g/mol. The smallest absolute Gasteiger partial charge is 0.0879 e. The SMILES string of the molecule is Cc1cccc(-c2ccc3c(c2)C(C)(C)C/C3=N\O)c1. The quantitative estimate of drug-likeness (QED) is 0.596. The van der Waals surface area contributed by atoms with E-state index in [4.69, 9.17) is 5.21 Å². The Morgan fingerprint density at radius 2 is 1.80 bits per heavy atom. The largest absolute Gasteiger partial charge is 0.411 e. The van der Waals surface area contributed by atoms with Crippen LogP contribution in [0.25, 0.3) is 11.1 Å². The lowest BCUT2D eigenvalue weighted by Crippen LogP contribution is -2.12. The number of fused-ring (bicyclic) bond motifs is 1. The number of benzene rings is 2. The number of hydrogen-bond donors (Lipinski definition) is 1. The number of nitrogens with zero attached hydrogens (tertiary/aromatic N) is 1. The fourth-order valence-corrected chi connectivity index (χ4v) is 3.06. The van der Waals surface area contributed by atoms with Crippen molar-refractivity contribution in [2.75, 3.05) is 0 Å². The maximum atomic E-state index is 9.16. The van der Waals surface area contributed by atoms with E-state index in [0.29, 0.717) is 0 Å². The first-order valence-corrected chi connectivity index (χ1v) is 6.94. The van der Waals surface area contributed by atoms with Crippen molar-refractivity contribution in [3.05, 3.63) is 59.2 Å². The highest BCUT2D eigenvalue weighted by molar-refractivity contribution is 6.06. The van der Waals surface area contributed by atoms with Crippen LogP contribution in [-0.2, 0) is 5.41 Å². The maximum Gasteiger partial charge on any atom is 0.0879 e. The molecule has 0 heterocycles. The predicted molar refractivity (Wildman–Crippen MR) is 82.6 cm³/mol. The maximum absolute atomic E-state index is 9.16. The molecule has 0 amide bonds. The molecule has 0 aliphatic heterocycles. The van der Waals surface area contributed by atoms with Gasteiger partial charge in [-0.2, -0.15) is 0 Å². The van der Waals surface area contributed by atoms with Gasteiger partial charge < -0.3 is 5.21 Å². The number of hydrogen-bond acceptors (Lipinski definition) is 2. The first kappa shape index (κ1) is 12.9. The summed E-state index contributed by atoms with van der Waals surface area (Å²) in [6, 6.07) is 15.0. The van der Waals surface area contributed by atoms with Crippen molar-refractivity contribution in [2.24, 2.45) is 5.16 Å². The van der Waals surface area contributed by atoms with Gasteiger partial charge in [-0.15, -0.1) is 0 Å². The first-order valence-electron chi connectivity index (χ1n) is 6.94. The van der Waals surface area contributed by atoms with Gasteiger partial charge in [0.15, 0.2) is 0 Å². The van der Waals surface area contributed by atoms with Crippen LogP contribution < -0.4 is 0 Å². The lowest BCUT2D eigenvalue weighted by Gasteiger charge is -2.18. The van der Waals surface area contributed by atoms with Gasteiger partial charge in [0.1, 0.15) is 0 Å². The summed E-state index contributed by atoms with van der Waals surface area (Å²) in [6.07, 6.45) is 0.788. The molecule has 1 aliphatic carbocycles. The van der Waals surface area contributed by atoms with E-state index in [1.807, 2.05) is 0 Å². The summed E-state index contributed by atoms with van der Waals surface area (Å²) in [4.78, 5) is 0. The third kappa shape index (κ3) is 2.01. The topological polar surface area (TPSA) is 32.6 Å². The molecule has 1 aliphatic rings. The lowest BCUT2D eigenvalue weighted by molar-refractivity contribution is 0.317. The zero-order valence-electron chi connectivity index (χ0n) is 12.1. The number of aryl methyl sites for hydroxylation is 1. The van der Waals surface area contributed by atoms with Crippen molar-refractivity contribution in [1.29, 1.82) is 0 Å². The molecule has 102 valence electrons. The first-order chi connectivity index (χ1) is 9.51. The van der Waals surface area contributed by atoms with Gasteiger partial charge in [0.2, 0.25) is 0 Å². The van der Waals surface area contributed by atoms with E-state index in [-0.39, 0.29) is 5.41 Å². The summed E-state index contributed by atoms with van der Waals surface area (Å²) in [5, 5.41) is 12.6. The van der Waals surface area contributed by atoms with Crippen molar-refractivity contribution in [3.8, 4) is 11.1 Å².